The van der Waals surface area contributed by atoms with E-state index in [-0.39, 0.29) is 34.6 Å². The number of hydrogen-bond acceptors (Lipinski definition) is 5. The number of hydrogen-bond donors (Lipinski definition) is 1. The van der Waals surface area contributed by atoms with E-state index in [9.17, 15) is 23.1 Å². The second kappa shape index (κ2) is 9.66. The molecule has 2 aliphatic rings. The SMILES string of the molecule is CCN(CC)[C@H]1C[C@H](CN2C(=O)[C@@](O)(c3c(F)cccc3Cl)c3c2cc(-c2ncco2)cc3C(F)(F)F)C1. The highest BCUT2D eigenvalue weighted by Gasteiger charge is 2.58. The van der Waals surface area contributed by atoms with Gasteiger partial charge in [0.15, 0.2) is 0 Å². The lowest BCUT2D eigenvalue weighted by molar-refractivity contribution is -0.142. The minimum Gasteiger partial charge on any atom is -0.445 e. The molecule has 1 amide bonds. The van der Waals surface area contributed by atoms with Gasteiger partial charge in [-0.2, -0.15) is 13.2 Å². The van der Waals surface area contributed by atoms with Crippen LogP contribution in [0.15, 0.2) is 47.2 Å². The van der Waals surface area contributed by atoms with Gasteiger partial charge in [0.25, 0.3) is 5.91 Å². The van der Waals surface area contributed by atoms with Gasteiger partial charge < -0.3 is 19.3 Å². The third kappa shape index (κ3) is 4.19. The molecule has 38 heavy (non-hydrogen) atoms. The second-order valence-electron chi connectivity index (χ2n) is 9.69. The smallest absolute Gasteiger partial charge is 0.416 e. The Hall–Kier alpha value is -2.95. The molecule has 0 bridgehead atoms. The van der Waals surface area contributed by atoms with Crippen LogP contribution in [0.3, 0.4) is 0 Å². The first-order chi connectivity index (χ1) is 18.0. The van der Waals surface area contributed by atoms with Crippen LogP contribution in [0.25, 0.3) is 11.5 Å². The van der Waals surface area contributed by atoms with Crippen molar-refractivity contribution >= 4 is 23.2 Å². The number of halogens is 5. The molecular weight excluding hydrogens is 526 g/mol. The molecule has 1 saturated carbocycles. The van der Waals surface area contributed by atoms with E-state index >= 15 is 4.39 Å². The summed E-state index contributed by atoms with van der Waals surface area (Å²) in [6, 6.07) is 5.80. The summed E-state index contributed by atoms with van der Waals surface area (Å²) in [5, 5.41) is 11.5. The number of nitrogens with zero attached hydrogens (tertiary/aromatic N) is 3. The van der Waals surface area contributed by atoms with Crippen LogP contribution in [-0.2, 0) is 16.6 Å². The summed E-state index contributed by atoms with van der Waals surface area (Å²) in [6.07, 6.45) is -1.01. The predicted octanol–water partition coefficient (Wildman–Crippen LogP) is 5.86. The molecule has 11 heteroatoms. The van der Waals surface area contributed by atoms with Crippen LogP contribution >= 0.6 is 11.6 Å². The minimum absolute atomic E-state index is 0.0180. The van der Waals surface area contributed by atoms with Crippen molar-refractivity contribution in [2.75, 3.05) is 24.5 Å². The molecule has 6 nitrogen and oxygen atoms in total. The molecule has 1 fully saturated rings. The molecule has 1 aliphatic carbocycles. The van der Waals surface area contributed by atoms with E-state index in [1.165, 1.54) is 30.7 Å². The van der Waals surface area contributed by atoms with Gasteiger partial charge in [0, 0.05) is 23.7 Å². The topological polar surface area (TPSA) is 69.8 Å². The Morgan fingerprint density at radius 1 is 1.21 bits per heavy atom. The van der Waals surface area contributed by atoms with Crippen molar-refractivity contribution in [3.63, 3.8) is 0 Å². The molecule has 1 aliphatic heterocycles. The van der Waals surface area contributed by atoms with Gasteiger partial charge in [-0.25, -0.2) is 9.37 Å². The summed E-state index contributed by atoms with van der Waals surface area (Å²) in [6.45, 7) is 5.89. The average molecular weight is 552 g/mol. The van der Waals surface area contributed by atoms with E-state index in [1.54, 1.807) is 0 Å². The molecule has 1 atom stereocenters. The summed E-state index contributed by atoms with van der Waals surface area (Å²) in [5.74, 6) is -2.27. The lowest BCUT2D eigenvalue weighted by Gasteiger charge is -2.43. The van der Waals surface area contributed by atoms with Gasteiger partial charge >= 0.3 is 6.18 Å². The van der Waals surface area contributed by atoms with Gasteiger partial charge in [-0.15, -0.1) is 0 Å². The molecule has 0 unspecified atom stereocenters. The molecule has 1 N–H and O–H groups in total. The zero-order chi connectivity index (χ0) is 27.4. The van der Waals surface area contributed by atoms with Gasteiger partial charge in [-0.1, -0.05) is 31.5 Å². The number of aromatic nitrogens is 1. The van der Waals surface area contributed by atoms with Crippen LogP contribution < -0.4 is 4.90 Å². The lowest BCUT2D eigenvalue weighted by Crippen LogP contribution is -2.50. The maximum Gasteiger partial charge on any atom is 0.416 e. The number of oxazole rings is 1. The van der Waals surface area contributed by atoms with Crippen molar-refractivity contribution in [1.29, 1.82) is 0 Å². The van der Waals surface area contributed by atoms with E-state index in [0.717, 1.165) is 43.0 Å². The number of benzene rings is 2. The number of carbonyl (C=O) groups excluding carboxylic acids is 1. The molecule has 0 radical (unpaired) electrons. The Kier molecular flexibility index (Phi) is 6.77. The molecular formula is C27H26ClF4N3O3. The third-order valence-electron chi connectivity index (χ3n) is 7.61. The Balaban J connectivity index is 1.68. The van der Waals surface area contributed by atoms with Gasteiger partial charge in [-0.3, -0.25) is 4.79 Å². The first kappa shape index (κ1) is 26.6. The summed E-state index contributed by atoms with van der Waals surface area (Å²) in [5.41, 5.74) is -5.95. The molecule has 202 valence electrons. The Labute approximate surface area is 221 Å². The standard InChI is InChI=1S/C27H26ClF4N3O3/c1-3-34(4-2)17-10-15(11-17)14-35-21-13-16(24-33-8-9-38-24)12-18(27(30,31)32)22(21)26(37,25(35)36)23-19(28)6-5-7-20(23)29/h5-9,12-13,15,17,37H,3-4,10-11,14H2,1-2H3/t15-,17-,26-/m0/s1. The van der Waals surface area contributed by atoms with Crippen molar-refractivity contribution in [3.05, 3.63) is 70.3 Å². The Morgan fingerprint density at radius 3 is 2.50 bits per heavy atom. The molecule has 2 aromatic carbocycles. The first-order valence-corrected chi connectivity index (χ1v) is 12.8. The fourth-order valence-corrected chi connectivity index (χ4v) is 6.05. The maximum absolute atomic E-state index is 15.1. The molecule has 3 aromatic rings. The number of anilines is 1. The number of alkyl halides is 3. The highest BCUT2D eigenvalue weighted by Crippen LogP contribution is 2.53. The van der Waals surface area contributed by atoms with Crippen molar-refractivity contribution in [1.82, 2.24) is 9.88 Å². The number of amides is 1. The monoisotopic (exact) mass is 551 g/mol. The van der Waals surface area contributed by atoms with E-state index < -0.39 is 40.2 Å². The van der Waals surface area contributed by atoms with E-state index in [2.05, 4.69) is 23.7 Å². The van der Waals surface area contributed by atoms with Crippen molar-refractivity contribution in [2.45, 2.75) is 44.5 Å². The maximum atomic E-state index is 15.1. The lowest BCUT2D eigenvalue weighted by atomic mass is 9.78. The highest BCUT2D eigenvalue weighted by molar-refractivity contribution is 6.32. The quantitative estimate of drug-likeness (QED) is 0.373. The molecule has 5 rings (SSSR count). The fourth-order valence-electron chi connectivity index (χ4n) is 5.75. The van der Waals surface area contributed by atoms with Gasteiger partial charge in [0.2, 0.25) is 11.5 Å². The van der Waals surface area contributed by atoms with Gasteiger partial charge in [0.05, 0.1) is 28.0 Å². The van der Waals surface area contributed by atoms with Crippen molar-refractivity contribution in [2.24, 2.45) is 5.92 Å². The molecule has 0 saturated heterocycles. The predicted molar refractivity (Wildman–Crippen MR) is 133 cm³/mol. The summed E-state index contributed by atoms with van der Waals surface area (Å²) in [7, 11) is 0. The molecule has 0 spiro atoms. The summed E-state index contributed by atoms with van der Waals surface area (Å²) in [4.78, 5) is 21.3. The van der Waals surface area contributed by atoms with Crippen molar-refractivity contribution in [3.8, 4) is 11.5 Å². The number of fused-ring (bicyclic) bond motifs is 1. The largest absolute Gasteiger partial charge is 0.445 e. The average Bonchev–Trinajstić information content (AvgIpc) is 3.44. The van der Waals surface area contributed by atoms with E-state index in [1.807, 2.05) is 0 Å². The fraction of sp³-hybridized carbons (Fsp3) is 0.407. The number of aliphatic hydroxyl groups is 1. The summed E-state index contributed by atoms with van der Waals surface area (Å²) >= 11 is 6.21. The zero-order valence-corrected chi connectivity index (χ0v) is 21.5. The van der Waals surface area contributed by atoms with Crippen LogP contribution in [0.5, 0.6) is 0 Å². The van der Waals surface area contributed by atoms with Gasteiger partial charge in [-0.05, 0) is 56.1 Å². The second-order valence-corrected chi connectivity index (χ2v) is 10.1. The Bertz CT molecular complexity index is 1330. The van der Waals surface area contributed by atoms with E-state index in [4.69, 9.17) is 16.0 Å². The van der Waals surface area contributed by atoms with Crippen LogP contribution in [0.1, 0.15) is 43.4 Å². The zero-order valence-electron chi connectivity index (χ0n) is 20.7. The number of carbonyl (C=O) groups is 1. The van der Waals surface area contributed by atoms with Crippen LogP contribution in [0.2, 0.25) is 5.02 Å². The van der Waals surface area contributed by atoms with Crippen LogP contribution in [-0.4, -0.2) is 46.6 Å². The minimum atomic E-state index is -5.00. The highest BCUT2D eigenvalue weighted by atomic mass is 35.5. The summed E-state index contributed by atoms with van der Waals surface area (Å²) < 4.78 is 63.9. The third-order valence-corrected chi connectivity index (χ3v) is 7.93. The van der Waals surface area contributed by atoms with Crippen LogP contribution in [0.4, 0.5) is 23.2 Å². The number of rotatable bonds is 7. The molecule has 1 aromatic heterocycles. The van der Waals surface area contributed by atoms with Crippen molar-refractivity contribution < 1.29 is 31.9 Å². The van der Waals surface area contributed by atoms with Gasteiger partial charge in [0.1, 0.15) is 12.1 Å². The van der Waals surface area contributed by atoms with Crippen LogP contribution in [0, 0.1) is 11.7 Å². The van der Waals surface area contributed by atoms with E-state index in [0.29, 0.717) is 6.04 Å². The first-order valence-electron chi connectivity index (χ1n) is 12.4. The normalized spacial score (nSPS) is 23.2. The Morgan fingerprint density at radius 2 is 1.92 bits per heavy atom. The molecule has 2 heterocycles.